The van der Waals surface area contributed by atoms with Gasteiger partial charge in [0.15, 0.2) is 0 Å². The SMILES string of the molecule is CCc1ccc(OCc2nc(C)c(C(=O)NCc3ccccc3)s2)cc1. The second kappa shape index (κ2) is 8.63. The summed E-state index contributed by atoms with van der Waals surface area (Å²) >= 11 is 1.38. The standard InChI is InChI=1S/C21H22N2O2S/c1-3-16-9-11-18(12-10-16)25-14-19-23-15(2)20(26-19)21(24)22-13-17-7-5-4-6-8-17/h4-12H,3,13-14H2,1-2H3,(H,22,24). The first-order valence-corrected chi connectivity index (χ1v) is 9.47. The van der Waals surface area contributed by atoms with Crippen LogP contribution in [0.15, 0.2) is 54.6 Å². The van der Waals surface area contributed by atoms with Crippen molar-refractivity contribution in [1.82, 2.24) is 10.3 Å². The van der Waals surface area contributed by atoms with Crippen LogP contribution in [-0.4, -0.2) is 10.9 Å². The van der Waals surface area contributed by atoms with Gasteiger partial charge in [0, 0.05) is 6.54 Å². The van der Waals surface area contributed by atoms with Gasteiger partial charge in [-0.25, -0.2) is 4.98 Å². The average molecular weight is 366 g/mol. The smallest absolute Gasteiger partial charge is 0.263 e. The number of rotatable bonds is 7. The fourth-order valence-corrected chi connectivity index (χ4v) is 3.44. The maximum absolute atomic E-state index is 12.4. The maximum Gasteiger partial charge on any atom is 0.263 e. The van der Waals surface area contributed by atoms with E-state index in [1.54, 1.807) is 0 Å². The van der Waals surface area contributed by atoms with E-state index >= 15 is 0 Å². The first-order valence-electron chi connectivity index (χ1n) is 8.66. The van der Waals surface area contributed by atoms with Crippen LogP contribution in [0.5, 0.6) is 5.75 Å². The molecular formula is C21H22N2O2S. The van der Waals surface area contributed by atoms with Gasteiger partial charge in [-0.1, -0.05) is 49.4 Å². The highest BCUT2D eigenvalue weighted by Crippen LogP contribution is 2.21. The lowest BCUT2D eigenvalue weighted by atomic mass is 10.2. The van der Waals surface area contributed by atoms with Crippen molar-refractivity contribution >= 4 is 17.2 Å². The summed E-state index contributed by atoms with van der Waals surface area (Å²) in [5.41, 5.74) is 3.09. The van der Waals surface area contributed by atoms with Crippen LogP contribution in [0.1, 0.15) is 38.4 Å². The third-order valence-electron chi connectivity index (χ3n) is 4.04. The molecule has 4 nitrogen and oxygen atoms in total. The molecule has 0 saturated heterocycles. The number of carbonyl (C=O) groups excluding carboxylic acids is 1. The fraction of sp³-hybridized carbons (Fsp3) is 0.238. The summed E-state index contributed by atoms with van der Waals surface area (Å²) in [6.45, 7) is 4.85. The molecule has 0 atom stereocenters. The first kappa shape index (κ1) is 18.1. The van der Waals surface area contributed by atoms with Gasteiger partial charge in [-0.3, -0.25) is 4.79 Å². The lowest BCUT2D eigenvalue weighted by Gasteiger charge is -2.05. The Hall–Kier alpha value is -2.66. The van der Waals surface area contributed by atoms with Crippen molar-refractivity contribution < 1.29 is 9.53 Å². The topological polar surface area (TPSA) is 51.2 Å². The van der Waals surface area contributed by atoms with E-state index < -0.39 is 0 Å². The second-order valence-electron chi connectivity index (χ2n) is 5.98. The highest BCUT2D eigenvalue weighted by Gasteiger charge is 2.15. The summed E-state index contributed by atoms with van der Waals surface area (Å²) < 4.78 is 5.79. The molecule has 0 saturated carbocycles. The maximum atomic E-state index is 12.4. The van der Waals surface area contributed by atoms with Gasteiger partial charge >= 0.3 is 0 Å². The third kappa shape index (κ3) is 4.70. The quantitative estimate of drug-likeness (QED) is 0.669. The van der Waals surface area contributed by atoms with E-state index in [4.69, 9.17) is 4.74 Å². The predicted octanol–water partition coefficient (Wildman–Crippen LogP) is 4.52. The normalized spacial score (nSPS) is 10.5. The Morgan fingerprint density at radius 1 is 1.08 bits per heavy atom. The zero-order valence-corrected chi connectivity index (χ0v) is 15.8. The zero-order chi connectivity index (χ0) is 18.4. The van der Waals surface area contributed by atoms with Gasteiger partial charge in [-0.2, -0.15) is 0 Å². The first-order chi connectivity index (χ1) is 12.7. The van der Waals surface area contributed by atoms with Crippen molar-refractivity contribution in [3.05, 3.63) is 81.3 Å². The molecule has 0 aliphatic carbocycles. The molecule has 26 heavy (non-hydrogen) atoms. The van der Waals surface area contributed by atoms with Crippen molar-refractivity contribution in [2.24, 2.45) is 0 Å². The number of carbonyl (C=O) groups is 1. The van der Waals surface area contributed by atoms with E-state index in [2.05, 4.69) is 29.4 Å². The minimum atomic E-state index is -0.0950. The van der Waals surface area contributed by atoms with Crippen molar-refractivity contribution in [2.75, 3.05) is 0 Å². The Balaban J connectivity index is 1.58. The number of aryl methyl sites for hydroxylation is 2. The van der Waals surface area contributed by atoms with Crippen LogP contribution in [0.2, 0.25) is 0 Å². The molecule has 1 heterocycles. The van der Waals surface area contributed by atoms with Gasteiger partial charge in [0.05, 0.1) is 5.69 Å². The molecule has 0 spiro atoms. The number of hydrogen-bond acceptors (Lipinski definition) is 4. The molecule has 5 heteroatoms. The molecule has 0 bridgehead atoms. The van der Waals surface area contributed by atoms with E-state index in [0.717, 1.165) is 28.4 Å². The Labute approximate surface area is 157 Å². The molecule has 2 aromatic carbocycles. The van der Waals surface area contributed by atoms with Gasteiger partial charge < -0.3 is 10.1 Å². The summed E-state index contributed by atoms with van der Waals surface area (Å²) in [4.78, 5) is 17.5. The number of thiazole rings is 1. The molecule has 0 fully saturated rings. The minimum Gasteiger partial charge on any atom is -0.486 e. The summed E-state index contributed by atoms with van der Waals surface area (Å²) in [6, 6.07) is 17.9. The van der Waals surface area contributed by atoms with Gasteiger partial charge in [0.1, 0.15) is 22.2 Å². The van der Waals surface area contributed by atoms with Gasteiger partial charge in [0.2, 0.25) is 0 Å². The van der Waals surface area contributed by atoms with Crippen LogP contribution in [-0.2, 0) is 19.6 Å². The van der Waals surface area contributed by atoms with Crippen molar-refractivity contribution in [2.45, 2.75) is 33.4 Å². The van der Waals surface area contributed by atoms with Crippen LogP contribution in [0.25, 0.3) is 0 Å². The number of nitrogens with zero attached hydrogens (tertiary/aromatic N) is 1. The average Bonchev–Trinajstić information content (AvgIpc) is 3.06. The van der Waals surface area contributed by atoms with Crippen LogP contribution < -0.4 is 10.1 Å². The van der Waals surface area contributed by atoms with Crippen molar-refractivity contribution in [3.63, 3.8) is 0 Å². The molecule has 3 rings (SSSR count). The summed E-state index contributed by atoms with van der Waals surface area (Å²) in [7, 11) is 0. The molecule has 0 unspecified atom stereocenters. The molecule has 1 N–H and O–H groups in total. The summed E-state index contributed by atoms with van der Waals surface area (Å²) in [5.74, 6) is 0.715. The van der Waals surface area contributed by atoms with Crippen LogP contribution in [0.3, 0.4) is 0 Å². The fourth-order valence-electron chi connectivity index (χ4n) is 2.55. The van der Waals surface area contributed by atoms with Crippen LogP contribution >= 0.6 is 11.3 Å². The highest BCUT2D eigenvalue weighted by atomic mass is 32.1. The molecule has 1 aromatic heterocycles. The van der Waals surface area contributed by atoms with Crippen molar-refractivity contribution in [1.29, 1.82) is 0 Å². The zero-order valence-electron chi connectivity index (χ0n) is 15.0. The second-order valence-corrected chi connectivity index (χ2v) is 7.06. The van der Waals surface area contributed by atoms with Crippen LogP contribution in [0.4, 0.5) is 0 Å². The van der Waals surface area contributed by atoms with E-state index in [0.29, 0.717) is 18.0 Å². The summed E-state index contributed by atoms with van der Waals surface area (Å²) in [5, 5.41) is 3.74. The molecule has 0 aliphatic heterocycles. The molecule has 134 valence electrons. The third-order valence-corrected chi connectivity index (χ3v) is 5.17. The van der Waals surface area contributed by atoms with E-state index in [1.165, 1.54) is 16.9 Å². The number of aromatic nitrogens is 1. The Morgan fingerprint density at radius 3 is 2.50 bits per heavy atom. The lowest BCUT2D eigenvalue weighted by Crippen LogP contribution is -2.22. The van der Waals surface area contributed by atoms with Crippen molar-refractivity contribution in [3.8, 4) is 5.75 Å². The van der Waals surface area contributed by atoms with Gasteiger partial charge in [0.25, 0.3) is 5.91 Å². The number of ether oxygens (including phenoxy) is 1. The lowest BCUT2D eigenvalue weighted by molar-refractivity contribution is 0.0954. The predicted molar refractivity (Wildman–Crippen MR) is 105 cm³/mol. The number of amides is 1. The Bertz CT molecular complexity index is 857. The molecule has 3 aromatic rings. The summed E-state index contributed by atoms with van der Waals surface area (Å²) in [6.07, 6.45) is 1.01. The molecule has 1 amide bonds. The van der Waals surface area contributed by atoms with Crippen LogP contribution in [0, 0.1) is 6.92 Å². The number of benzene rings is 2. The van der Waals surface area contributed by atoms with E-state index in [9.17, 15) is 4.79 Å². The largest absolute Gasteiger partial charge is 0.486 e. The van der Waals surface area contributed by atoms with E-state index in [1.807, 2.05) is 49.4 Å². The van der Waals surface area contributed by atoms with Gasteiger partial charge in [-0.15, -0.1) is 11.3 Å². The number of hydrogen-bond donors (Lipinski definition) is 1. The molecular weight excluding hydrogens is 344 g/mol. The Kier molecular flexibility index (Phi) is 6.02. The number of nitrogens with one attached hydrogen (secondary N) is 1. The minimum absolute atomic E-state index is 0.0950. The molecule has 0 aliphatic rings. The highest BCUT2D eigenvalue weighted by molar-refractivity contribution is 7.13. The monoisotopic (exact) mass is 366 g/mol. The van der Waals surface area contributed by atoms with Gasteiger partial charge in [-0.05, 0) is 36.6 Å². The molecule has 0 radical (unpaired) electrons. The van der Waals surface area contributed by atoms with E-state index in [-0.39, 0.29) is 5.91 Å². The Morgan fingerprint density at radius 2 is 1.81 bits per heavy atom.